The van der Waals surface area contributed by atoms with E-state index in [4.69, 9.17) is 0 Å². The van der Waals surface area contributed by atoms with Crippen LogP contribution in [0, 0.1) is 12.8 Å². The van der Waals surface area contributed by atoms with Crippen LogP contribution in [0.4, 0.5) is 5.69 Å². The molecule has 1 saturated heterocycles. The summed E-state index contributed by atoms with van der Waals surface area (Å²) in [7, 11) is 0. The summed E-state index contributed by atoms with van der Waals surface area (Å²) in [4.78, 5) is 25.4. The van der Waals surface area contributed by atoms with Gasteiger partial charge in [0.25, 0.3) is 0 Å². The second kappa shape index (κ2) is 6.05. The zero-order valence-electron chi connectivity index (χ0n) is 11.8. The molecule has 0 radical (unpaired) electrons. The molecule has 1 fully saturated rings. The van der Waals surface area contributed by atoms with Crippen molar-refractivity contribution in [2.45, 2.75) is 26.4 Å². The number of hydrogen-bond acceptors (Lipinski definition) is 3. The smallest absolute Gasteiger partial charge is 0.313 e. The molecule has 1 heterocycles. The van der Waals surface area contributed by atoms with Crippen molar-refractivity contribution in [3.05, 3.63) is 29.8 Å². The highest BCUT2D eigenvalue weighted by Gasteiger charge is 2.32. The topological polar surface area (TPSA) is 69.6 Å². The van der Waals surface area contributed by atoms with E-state index >= 15 is 0 Å². The number of carbonyl (C=O) groups excluding carboxylic acids is 2. The summed E-state index contributed by atoms with van der Waals surface area (Å²) in [6.07, 6.45) is 0.286. The number of amides is 2. The van der Waals surface area contributed by atoms with E-state index in [1.807, 2.05) is 19.1 Å². The van der Waals surface area contributed by atoms with Gasteiger partial charge in [-0.3, -0.25) is 9.59 Å². The molecule has 1 aromatic carbocycles. The van der Waals surface area contributed by atoms with Crippen LogP contribution in [0.25, 0.3) is 0 Å². The maximum absolute atomic E-state index is 12.0. The SMILES string of the molecule is Cc1ccc(NC(=O)C(=O)N2CCC(C(C)O)C2)cc1. The fraction of sp³-hybridized carbons (Fsp3) is 0.467. The average Bonchev–Trinajstić information content (AvgIpc) is 2.90. The zero-order valence-corrected chi connectivity index (χ0v) is 11.8. The first-order chi connectivity index (χ1) is 9.47. The van der Waals surface area contributed by atoms with Gasteiger partial charge in [-0.25, -0.2) is 0 Å². The van der Waals surface area contributed by atoms with E-state index in [0.29, 0.717) is 18.8 Å². The highest BCUT2D eigenvalue weighted by Crippen LogP contribution is 2.20. The van der Waals surface area contributed by atoms with Crippen molar-refractivity contribution in [2.24, 2.45) is 5.92 Å². The minimum Gasteiger partial charge on any atom is -0.393 e. The van der Waals surface area contributed by atoms with Gasteiger partial charge in [0.05, 0.1) is 6.10 Å². The van der Waals surface area contributed by atoms with Crippen LogP contribution >= 0.6 is 0 Å². The second-order valence-electron chi connectivity index (χ2n) is 5.36. The lowest BCUT2D eigenvalue weighted by atomic mass is 10.0. The van der Waals surface area contributed by atoms with E-state index in [0.717, 1.165) is 12.0 Å². The lowest BCUT2D eigenvalue weighted by molar-refractivity contribution is -0.142. The van der Waals surface area contributed by atoms with E-state index < -0.39 is 17.9 Å². The zero-order chi connectivity index (χ0) is 14.7. The summed E-state index contributed by atoms with van der Waals surface area (Å²) >= 11 is 0. The first-order valence-electron chi connectivity index (χ1n) is 6.82. The molecule has 108 valence electrons. The summed E-state index contributed by atoms with van der Waals surface area (Å²) in [5.74, 6) is -1.10. The van der Waals surface area contributed by atoms with Crippen LogP contribution in [0.5, 0.6) is 0 Å². The van der Waals surface area contributed by atoms with Crippen molar-refractivity contribution >= 4 is 17.5 Å². The summed E-state index contributed by atoms with van der Waals surface area (Å²) in [6, 6.07) is 7.28. The Morgan fingerprint density at radius 1 is 1.35 bits per heavy atom. The maximum atomic E-state index is 12.0. The quantitative estimate of drug-likeness (QED) is 0.796. The highest BCUT2D eigenvalue weighted by atomic mass is 16.3. The van der Waals surface area contributed by atoms with Crippen molar-refractivity contribution in [1.29, 1.82) is 0 Å². The standard InChI is InChI=1S/C15H20N2O3/c1-10-3-5-13(6-4-10)16-14(19)15(20)17-8-7-12(9-17)11(2)18/h3-6,11-12,18H,7-9H2,1-2H3,(H,16,19). The number of anilines is 1. The van der Waals surface area contributed by atoms with Gasteiger partial charge in [-0.15, -0.1) is 0 Å². The van der Waals surface area contributed by atoms with E-state index in [-0.39, 0.29) is 5.92 Å². The molecular formula is C15H20N2O3. The van der Waals surface area contributed by atoms with Crippen molar-refractivity contribution in [2.75, 3.05) is 18.4 Å². The Balaban J connectivity index is 1.93. The Morgan fingerprint density at radius 3 is 2.55 bits per heavy atom. The third-order valence-electron chi connectivity index (χ3n) is 3.70. The molecule has 0 aliphatic carbocycles. The molecule has 1 aromatic rings. The van der Waals surface area contributed by atoms with Crippen molar-refractivity contribution < 1.29 is 14.7 Å². The van der Waals surface area contributed by atoms with Crippen LogP contribution < -0.4 is 5.32 Å². The molecule has 1 aliphatic heterocycles. The molecule has 20 heavy (non-hydrogen) atoms. The fourth-order valence-corrected chi connectivity index (χ4v) is 2.33. The number of aliphatic hydroxyl groups is 1. The van der Waals surface area contributed by atoms with Gasteiger partial charge >= 0.3 is 11.8 Å². The molecule has 1 aliphatic rings. The number of nitrogens with one attached hydrogen (secondary N) is 1. The number of aliphatic hydroxyl groups excluding tert-OH is 1. The number of aryl methyl sites for hydroxylation is 1. The van der Waals surface area contributed by atoms with Crippen LogP contribution in [0.3, 0.4) is 0 Å². The third-order valence-corrected chi connectivity index (χ3v) is 3.70. The molecular weight excluding hydrogens is 256 g/mol. The molecule has 0 saturated carbocycles. The Morgan fingerprint density at radius 2 is 2.00 bits per heavy atom. The highest BCUT2D eigenvalue weighted by molar-refractivity contribution is 6.39. The maximum Gasteiger partial charge on any atom is 0.313 e. The predicted octanol–water partition coefficient (Wildman–Crippen LogP) is 1.16. The number of carbonyl (C=O) groups is 2. The van der Waals surface area contributed by atoms with Gasteiger partial charge in [-0.1, -0.05) is 17.7 Å². The average molecular weight is 276 g/mol. The van der Waals surface area contributed by atoms with Gasteiger partial charge in [-0.05, 0) is 32.4 Å². The monoisotopic (exact) mass is 276 g/mol. The van der Waals surface area contributed by atoms with Crippen LogP contribution in [-0.4, -0.2) is 41.0 Å². The molecule has 0 spiro atoms. The number of rotatable bonds is 2. The number of benzene rings is 1. The minimum atomic E-state index is -0.625. The van der Waals surface area contributed by atoms with E-state index in [1.165, 1.54) is 4.90 Å². The largest absolute Gasteiger partial charge is 0.393 e. The van der Waals surface area contributed by atoms with Crippen molar-refractivity contribution in [1.82, 2.24) is 4.90 Å². The summed E-state index contributed by atoms with van der Waals surface area (Å²) in [6.45, 7) is 4.63. The van der Waals surface area contributed by atoms with Gasteiger partial charge < -0.3 is 15.3 Å². The Labute approximate surface area is 118 Å². The lowest BCUT2D eigenvalue weighted by Crippen LogP contribution is -2.38. The number of likely N-dealkylation sites (tertiary alicyclic amines) is 1. The van der Waals surface area contributed by atoms with E-state index in [2.05, 4.69) is 5.32 Å². The summed E-state index contributed by atoms with van der Waals surface area (Å²) < 4.78 is 0. The molecule has 2 N–H and O–H groups in total. The number of nitrogens with zero attached hydrogens (tertiary/aromatic N) is 1. The molecule has 5 heteroatoms. The van der Waals surface area contributed by atoms with E-state index in [9.17, 15) is 14.7 Å². The van der Waals surface area contributed by atoms with Crippen molar-refractivity contribution in [3.8, 4) is 0 Å². The molecule has 2 amide bonds. The summed E-state index contributed by atoms with van der Waals surface area (Å²) in [5.41, 5.74) is 1.70. The van der Waals surface area contributed by atoms with Crippen LogP contribution in [0.15, 0.2) is 24.3 Å². The minimum absolute atomic E-state index is 0.0612. The van der Waals surface area contributed by atoms with Gasteiger partial charge in [0.15, 0.2) is 0 Å². The van der Waals surface area contributed by atoms with Gasteiger partial charge in [0, 0.05) is 24.7 Å². The van der Waals surface area contributed by atoms with Crippen LogP contribution in [0.2, 0.25) is 0 Å². The first kappa shape index (κ1) is 14.5. The van der Waals surface area contributed by atoms with Crippen molar-refractivity contribution in [3.63, 3.8) is 0 Å². The Bertz CT molecular complexity index is 496. The second-order valence-corrected chi connectivity index (χ2v) is 5.36. The predicted molar refractivity (Wildman–Crippen MR) is 76.2 cm³/mol. The molecule has 0 bridgehead atoms. The third kappa shape index (κ3) is 3.36. The lowest BCUT2D eigenvalue weighted by Gasteiger charge is -2.17. The van der Waals surface area contributed by atoms with Crippen LogP contribution in [0.1, 0.15) is 18.9 Å². The van der Waals surface area contributed by atoms with Gasteiger partial charge in [0.2, 0.25) is 0 Å². The van der Waals surface area contributed by atoms with Crippen LogP contribution in [-0.2, 0) is 9.59 Å². The normalized spacial score (nSPS) is 19.8. The first-order valence-corrected chi connectivity index (χ1v) is 6.82. The molecule has 2 unspecified atom stereocenters. The fourth-order valence-electron chi connectivity index (χ4n) is 2.33. The number of hydrogen-bond donors (Lipinski definition) is 2. The Kier molecular flexibility index (Phi) is 4.39. The molecule has 2 atom stereocenters. The Hall–Kier alpha value is -1.88. The van der Waals surface area contributed by atoms with Gasteiger partial charge in [-0.2, -0.15) is 0 Å². The summed E-state index contributed by atoms with van der Waals surface area (Å²) in [5, 5.41) is 12.1. The molecule has 0 aromatic heterocycles. The molecule has 5 nitrogen and oxygen atoms in total. The van der Waals surface area contributed by atoms with Gasteiger partial charge in [0.1, 0.15) is 0 Å². The van der Waals surface area contributed by atoms with E-state index in [1.54, 1.807) is 19.1 Å². The molecule has 2 rings (SSSR count).